The molecule has 1 rings (SSSR count). The molecule has 0 atom stereocenters. The van der Waals surface area contributed by atoms with E-state index in [9.17, 15) is 0 Å². The van der Waals surface area contributed by atoms with Gasteiger partial charge in [0.05, 0.1) is 6.26 Å². The predicted molar refractivity (Wildman–Crippen MR) is 46.6 cm³/mol. The van der Waals surface area contributed by atoms with E-state index in [0.717, 1.165) is 5.76 Å². The summed E-state index contributed by atoms with van der Waals surface area (Å²) in [6.07, 6.45) is 1.74. The van der Waals surface area contributed by atoms with Crippen molar-refractivity contribution in [3.05, 3.63) is 24.2 Å². The summed E-state index contributed by atoms with van der Waals surface area (Å²) in [6.45, 7) is 8.83. The third-order valence-corrected chi connectivity index (χ3v) is 2.60. The first-order valence-corrected chi connectivity index (χ1v) is 4.09. The Hall–Kier alpha value is -0.720. The van der Waals surface area contributed by atoms with Gasteiger partial charge in [-0.2, -0.15) is 0 Å². The van der Waals surface area contributed by atoms with Crippen LogP contribution in [0, 0.1) is 5.92 Å². The van der Waals surface area contributed by atoms with Crippen molar-refractivity contribution >= 4 is 0 Å². The highest BCUT2D eigenvalue weighted by atomic mass is 16.3. The molecule has 0 saturated carbocycles. The predicted octanol–water partition coefficient (Wildman–Crippen LogP) is 3.21. The Morgan fingerprint density at radius 2 is 2.00 bits per heavy atom. The highest BCUT2D eigenvalue weighted by molar-refractivity contribution is 5.11. The lowest BCUT2D eigenvalue weighted by Gasteiger charge is -2.26. The van der Waals surface area contributed by atoms with Gasteiger partial charge in [-0.1, -0.05) is 27.7 Å². The first kappa shape index (κ1) is 8.38. The molecule has 1 heterocycles. The summed E-state index contributed by atoms with van der Waals surface area (Å²) in [5.74, 6) is 1.68. The van der Waals surface area contributed by atoms with Crippen LogP contribution in [0.1, 0.15) is 33.5 Å². The molecule has 1 aromatic heterocycles. The molecule has 0 aliphatic rings. The minimum atomic E-state index is 0.156. The second kappa shape index (κ2) is 2.72. The Labute approximate surface area is 68.4 Å². The number of hydrogen-bond acceptors (Lipinski definition) is 1. The van der Waals surface area contributed by atoms with Crippen LogP contribution in [-0.4, -0.2) is 0 Å². The maximum Gasteiger partial charge on any atom is 0.109 e. The quantitative estimate of drug-likeness (QED) is 0.634. The largest absolute Gasteiger partial charge is 0.469 e. The summed E-state index contributed by atoms with van der Waals surface area (Å²) < 4.78 is 5.36. The highest BCUT2D eigenvalue weighted by Crippen LogP contribution is 2.31. The molecule has 0 bridgehead atoms. The Morgan fingerprint density at radius 3 is 2.36 bits per heavy atom. The normalized spacial score (nSPS) is 12.5. The molecule has 0 N–H and O–H groups in total. The fourth-order valence-corrected chi connectivity index (χ4v) is 0.930. The first-order chi connectivity index (χ1) is 5.05. The van der Waals surface area contributed by atoms with Gasteiger partial charge in [0, 0.05) is 5.41 Å². The maximum absolute atomic E-state index is 5.36. The summed E-state index contributed by atoms with van der Waals surface area (Å²) in [4.78, 5) is 0. The summed E-state index contributed by atoms with van der Waals surface area (Å²) in [5, 5.41) is 0. The number of rotatable bonds is 2. The molecule has 1 heteroatoms. The molecular formula is C10H16O. The number of hydrogen-bond donors (Lipinski definition) is 0. The van der Waals surface area contributed by atoms with Gasteiger partial charge in [-0.25, -0.2) is 0 Å². The molecule has 1 nitrogen and oxygen atoms in total. The van der Waals surface area contributed by atoms with Crippen LogP contribution < -0.4 is 0 Å². The highest BCUT2D eigenvalue weighted by Gasteiger charge is 2.26. The van der Waals surface area contributed by atoms with Crippen LogP contribution in [0.3, 0.4) is 0 Å². The summed E-state index contributed by atoms with van der Waals surface area (Å²) in [6, 6.07) is 3.99. The standard InChI is InChI=1S/C10H16O/c1-8(2)10(3,4)9-6-5-7-11-9/h5-8H,1-4H3. The smallest absolute Gasteiger partial charge is 0.109 e. The molecule has 0 aliphatic carbocycles. The van der Waals surface area contributed by atoms with E-state index in [1.165, 1.54) is 0 Å². The second-order valence-corrected chi connectivity index (χ2v) is 3.85. The molecule has 0 fully saturated rings. The second-order valence-electron chi connectivity index (χ2n) is 3.85. The molecule has 0 aromatic carbocycles. The zero-order chi connectivity index (χ0) is 8.48. The lowest BCUT2D eigenvalue weighted by molar-refractivity contribution is 0.300. The molecular weight excluding hydrogens is 136 g/mol. The van der Waals surface area contributed by atoms with Gasteiger partial charge in [0.15, 0.2) is 0 Å². The van der Waals surface area contributed by atoms with Gasteiger partial charge in [-0.15, -0.1) is 0 Å². The summed E-state index contributed by atoms with van der Waals surface area (Å²) in [7, 11) is 0. The summed E-state index contributed by atoms with van der Waals surface area (Å²) >= 11 is 0. The average Bonchev–Trinajstić information content (AvgIpc) is 2.37. The maximum atomic E-state index is 5.36. The van der Waals surface area contributed by atoms with Crippen molar-refractivity contribution in [1.29, 1.82) is 0 Å². The minimum Gasteiger partial charge on any atom is -0.469 e. The van der Waals surface area contributed by atoms with E-state index in [1.807, 2.05) is 12.1 Å². The molecule has 0 radical (unpaired) electrons. The van der Waals surface area contributed by atoms with Crippen molar-refractivity contribution < 1.29 is 4.42 Å². The average molecular weight is 152 g/mol. The van der Waals surface area contributed by atoms with Gasteiger partial charge in [-0.3, -0.25) is 0 Å². The van der Waals surface area contributed by atoms with Crippen molar-refractivity contribution in [3.63, 3.8) is 0 Å². The molecule has 0 unspecified atom stereocenters. The van der Waals surface area contributed by atoms with E-state index in [-0.39, 0.29) is 5.41 Å². The Kier molecular flexibility index (Phi) is 2.08. The fourth-order valence-electron chi connectivity index (χ4n) is 0.930. The fraction of sp³-hybridized carbons (Fsp3) is 0.600. The minimum absolute atomic E-state index is 0.156. The zero-order valence-electron chi connectivity index (χ0n) is 7.72. The van der Waals surface area contributed by atoms with Gasteiger partial charge in [0.1, 0.15) is 5.76 Å². The summed E-state index contributed by atoms with van der Waals surface area (Å²) in [5.41, 5.74) is 0.156. The Balaban J connectivity index is 2.90. The SMILES string of the molecule is CC(C)C(C)(C)c1ccco1. The van der Waals surface area contributed by atoms with E-state index in [0.29, 0.717) is 5.92 Å². The lowest BCUT2D eigenvalue weighted by atomic mass is 9.79. The molecule has 0 saturated heterocycles. The third-order valence-electron chi connectivity index (χ3n) is 2.60. The Morgan fingerprint density at radius 1 is 1.36 bits per heavy atom. The van der Waals surface area contributed by atoms with Crippen LogP contribution in [0.2, 0.25) is 0 Å². The molecule has 62 valence electrons. The van der Waals surface area contributed by atoms with Crippen molar-refractivity contribution in [1.82, 2.24) is 0 Å². The third kappa shape index (κ3) is 1.47. The monoisotopic (exact) mass is 152 g/mol. The molecule has 0 aliphatic heterocycles. The topological polar surface area (TPSA) is 13.1 Å². The first-order valence-electron chi connectivity index (χ1n) is 4.09. The lowest BCUT2D eigenvalue weighted by Crippen LogP contribution is -2.23. The van der Waals surface area contributed by atoms with E-state index >= 15 is 0 Å². The molecule has 1 aromatic rings. The van der Waals surface area contributed by atoms with Gasteiger partial charge in [0.2, 0.25) is 0 Å². The number of furan rings is 1. The van der Waals surface area contributed by atoms with Crippen molar-refractivity contribution in [2.75, 3.05) is 0 Å². The van der Waals surface area contributed by atoms with Crippen LogP contribution in [-0.2, 0) is 5.41 Å². The van der Waals surface area contributed by atoms with Gasteiger partial charge in [-0.05, 0) is 18.1 Å². The zero-order valence-corrected chi connectivity index (χ0v) is 7.72. The van der Waals surface area contributed by atoms with Crippen LogP contribution in [0.25, 0.3) is 0 Å². The molecule has 0 spiro atoms. The van der Waals surface area contributed by atoms with Crippen molar-refractivity contribution in [3.8, 4) is 0 Å². The van der Waals surface area contributed by atoms with E-state index in [2.05, 4.69) is 27.7 Å². The van der Waals surface area contributed by atoms with E-state index in [4.69, 9.17) is 4.42 Å². The van der Waals surface area contributed by atoms with Crippen LogP contribution >= 0.6 is 0 Å². The molecule has 0 amide bonds. The van der Waals surface area contributed by atoms with Crippen LogP contribution in [0.5, 0.6) is 0 Å². The van der Waals surface area contributed by atoms with Gasteiger partial charge in [0.25, 0.3) is 0 Å². The van der Waals surface area contributed by atoms with Gasteiger partial charge >= 0.3 is 0 Å². The van der Waals surface area contributed by atoms with Gasteiger partial charge < -0.3 is 4.42 Å². The van der Waals surface area contributed by atoms with E-state index in [1.54, 1.807) is 6.26 Å². The van der Waals surface area contributed by atoms with Crippen LogP contribution in [0.15, 0.2) is 22.8 Å². The van der Waals surface area contributed by atoms with Crippen molar-refractivity contribution in [2.45, 2.75) is 33.1 Å². The van der Waals surface area contributed by atoms with E-state index < -0.39 is 0 Å². The molecule has 11 heavy (non-hydrogen) atoms. The Bertz CT molecular complexity index is 207. The van der Waals surface area contributed by atoms with Crippen molar-refractivity contribution in [2.24, 2.45) is 5.92 Å². The van der Waals surface area contributed by atoms with Crippen LogP contribution in [0.4, 0.5) is 0 Å².